The summed E-state index contributed by atoms with van der Waals surface area (Å²) in [4.78, 5) is 43.4. The van der Waals surface area contributed by atoms with Gasteiger partial charge in [-0.25, -0.2) is 9.78 Å². The molecule has 0 bridgehead atoms. The molecule has 1 atom stereocenters. The fraction of sp³-hybridized carbons (Fsp3) is 0.391. The van der Waals surface area contributed by atoms with Crippen molar-refractivity contribution in [1.82, 2.24) is 14.9 Å². The third-order valence-electron chi connectivity index (χ3n) is 5.47. The first-order chi connectivity index (χ1) is 15.0. The van der Waals surface area contributed by atoms with Crippen molar-refractivity contribution in [3.05, 3.63) is 62.3 Å². The summed E-state index contributed by atoms with van der Waals surface area (Å²) in [5, 5.41) is 5.19. The number of aryl methyl sites for hydroxylation is 1. The monoisotopic (exact) mass is 439 g/mol. The Kier molecular flexibility index (Phi) is 6.46. The van der Waals surface area contributed by atoms with E-state index >= 15 is 0 Å². The second kappa shape index (κ2) is 9.43. The summed E-state index contributed by atoms with van der Waals surface area (Å²) in [6.07, 6.45) is 4.04. The molecular formula is C23H25N3O4S. The summed E-state index contributed by atoms with van der Waals surface area (Å²) in [6, 6.07) is 8.59. The summed E-state index contributed by atoms with van der Waals surface area (Å²) in [7, 11) is 0. The fourth-order valence-corrected chi connectivity index (χ4v) is 4.38. The molecule has 31 heavy (non-hydrogen) atoms. The lowest BCUT2D eigenvalue weighted by molar-refractivity contribution is -0.129. The Hall–Kier alpha value is -3.00. The normalized spacial score (nSPS) is 14.9. The molecule has 1 aromatic carbocycles. The van der Waals surface area contributed by atoms with Gasteiger partial charge in [0, 0.05) is 17.8 Å². The Morgan fingerprint density at radius 2 is 2.06 bits per heavy atom. The van der Waals surface area contributed by atoms with Gasteiger partial charge in [-0.05, 0) is 49.4 Å². The van der Waals surface area contributed by atoms with Crippen LogP contribution >= 0.6 is 11.3 Å². The molecule has 8 heteroatoms. The number of amides is 1. The number of nitrogens with zero attached hydrogens (tertiary/aromatic N) is 2. The van der Waals surface area contributed by atoms with E-state index in [4.69, 9.17) is 4.74 Å². The Labute approximate surface area is 184 Å². The molecule has 1 unspecified atom stereocenters. The number of hydrogen-bond donors (Lipinski definition) is 1. The molecule has 7 nitrogen and oxygen atoms in total. The molecule has 0 aliphatic carbocycles. The highest BCUT2D eigenvalue weighted by Crippen LogP contribution is 2.17. The quantitative estimate of drug-likeness (QED) is 0.615. The smallest absolute Gasteiger partial charge is 0.338 e. The lowest BCUT2D eigenvalue weighted by Gasteiger charge is -2.16. The average molecular weight is 440 g/mol. The predicted molar refractivity (Wildman–Crippen MR) is 119 cm³/mol. The van der Waals surface area contributed by atoms with Crippen LogP contribution in [0.2, 0.25) is 0 Å². The van der Waals surface area contributed by atoms with Gasteiger partial charge in [-0.2, -0.15) is 0 Å². The zero-order valence-electron chi connectivity index (χ0n) is 17.4. The van der Waals surface area contributed by atoms with Crippen LogP contribution in [0.25, 0.3) is 10.9 Å². The van der Waals surface area contributed by atoms with E-state index in [-0.39, 0.29) is 17.0 Å². The van der Waals surface area contributed by atoms with Crippen LogP contribution in [0, 0.1) is 0 Å². The standard InChI is InChI=1S/C23H25N3O4S/c1-15(21(27)24-14-17-7-6-12-31-17)30-23(29)16-9-10-18-19(13-16)25-20-8-4-2-3-5-11-26(20)22(18)28/h6-7,9-10,12-13,15H,2-5,8,11,14H2,1H3,(H,24,27). The van der Waals surface area contributed by atoms with Gasteiger partial charge in [0.25, 0.3) is 11.5 Å². The molecule has 0 fully saturated rings. The van der Waals surface area contributed by atoms with Crippen molar-refractivity contribution in [3.63, 3.8) is 0 Å². The van der Waals surface area contributed by atoms with E-state index in [0.717, 1.165) is 42.8 Å². The van der Waals surface area contributed by atoms with Crippen LogP contribution in [-0.2, 0) is 29.0 Å². The van der Waals surface area contributed by atoms with E-state index in [9.17, 15) is 14.4 Å². The average Bonchev–Trinajstić information content (AvgIpc) is 3.26. The van der Waals surface area contributed by atoms with Gasteiger partial charge >= 0.3 is 5.97 Å². The molecule has 3 aromatic rings. The highest BCUT2D eigenvalue weighted by Gasteiger charge is 2.20. The molecule has 1 N–H and O–H groups in total. The number of hydrogen-bond acceptors (Lipinski definition) is 6. The number of ether oxygens (including phenoxy) is 1. The first kappa shape index (κ1) is 21.2. The van der Waals surface area contributed by atoms with E-state index in [0.29, 0.717) is 24.0 Å². The topological polar surface area (TPSA) is 90.3 Å². The minimum absolute atomic E-state index is 0.0665. The largest absolute Gasteiger partial charge is 0.449 e. The molecule has 0 saturated carbocycles. The van der Waals surface area contributed by atoms with E-state index in [1.165, 1.54) is 6.92 Å². The maximum absolute atomic E-state index is 12.9. The van der Waals surface area contributed by atoms with Crippen molar-refractivity contribution in [2.24, 2.45) is 0 Å². The van der Waals surface area contributed by atoms with Crippen LogP contribution in [0.3, 0.4) is 0 Å². The molecule has 4 rings (SSSR count). The predicted octanol–water partition coefficient (Wildman–Crippen LogP) is 3.44. The maximum atomic E-state index is 12.9. The number of esters is 1. The number of fused-ring (bicyclic) bond motifs is 2. The minimum atomic E-state index is -0.933. The van der Waals surface area contributed by atoms with Crippen LogP contribution in [0.4, 0.5) is 0 Å². The molecule has 1 aliphatic rings. The van der Waals surface area contributed by atoms with Crippen LogP contribution in [0.5, 0.6) is 0 Å². The van der Waals surface area contributed by atoms with Gasteiger partial charge in [0.2, 0.25) is 0 Å². The minimum Gasteiger partial charge on any atom is -0.449 e. The number of thiophene rings is 1. The molecular weight excluding hydrogens is 414 g/mol. The number of carbonyl (C=O) groups is 2. The number of aromatic nitrogens is 2. The molecule has 0 radical (unpaired) electrons. The van der Waals surface area contributed by atoms with Crippen LogP contribution < -0.4 is 10.9 Å². The summed E-state index contributed by atoms with van der Waals surface area (Å²) in [6.45, 7) is 2.61. The fourth-order valence-electron chi connectivity index (χ4n) is 3.74. The van der Waals surface area contributed by atoms with Gasteiger partial charge < -0.3 is 10.1 Å². The van der Waals surface area contributed by atoms with E-state index < -0.39 is 12.1 Å². The highest BCUT2D eigenvalue weighted by molar-refractivity contribution is 7.09. The van der Waals surface area contributed by atoms with Crippen LogP contribution in [-0.4, -0.2) is 27.5 Å². The van der Waals surface area contributed by atoms with Crippen molar-refractivity contribution < 1.29 is 14.3 Å². The number of carbonyl (C=O) groups excluding carboxylic acids is 2. The first-order valence-corrected chi connectivity index (χ1v) is 11.5. The van der Waals surface area contributed by atoms with Crippen molar-refractivity contribution in [2.75, 3.05) is 0 Å². The molecule has 2 aromatic heterocycles. The molecule has 0 saturated heterocycles. The van der Waals surface area contributed by atoms with Gasteiger partial charge in [0.15, 0.2) is 6.10 Å². The van der Waals surface area contributed by atoms with E-state index in [1.807, 2.05) is 17.5 Å². The zero-order valence-corrected chi connectivity index (χ0v) is 18.2. The van der Waals surface area contributed by atoms with Crippen LogP contribution in [0.15, 0.2) is 40.5 Å². The summed E-state index contributed by atoms with van der Waals surface area (Å²) in [5.74, 6) is -0.210. The molecule has 162 valence electrons. The SMILES string of the molecule is CC(OC(=O)c1ccc2c(=O)n3c(nc2c1)CCCCCC3)C(=O)NCc1cccs1. The lowest BCUT2D eigenvalue weighted by Crippen LogP contribution is -2.35. The van der Waals surface area contributed by atoms with Gasteiger partial charge in [0.1, 0.15) is 5.82 Å². The summed E-state index contributed by atoms with van der Waals surface area (Å²) < 4.78 is 7.10. The second-order valence-corrected chi connectivity index (χ2v) is 8.76. The first-order valence-electron chi connectivity index (χ1n) is 10.6. The Morgan fingerprint density at radius 3 is 2.87 bits per heavy atom. The number of nitrogens with one attached hydrogen (secondary N) is 1. The third-order valence-corrected chi connectivity index (χ3v) is 6.35. The molecule has 1 aliphatic heterocycles. The van der Waals surface area contributed by atoms with E-state index in [2.05, 4.69) is 10.3 Å². The Bertz CT molecular complexity index is 1150. The number of benzene rings is 1. The molecule has 1 amide bonds. The van der Waals surface area contributed by atoms with Crippen molar-refractivity contribution in [3.8, 4) is 0 Å². The van der Waals surface area contributed by atoms with Crippen LogP contribution in [0.1, 0.15) is 53.7 Å². The third kappa shape index (κ3) is 4.85. The maximum Gasteiger partial charge on any atom is 0.338 e. The van der Waals surface area contributed by atoms with Gasteiger partial charge in [0.05, 0.1) is 23.0 Å². The van der Waals surface area contributed by atoms with Gasteiger partial charge in [-0.1, -0.05) is 18.9 Å². The zero-order chi connectivity index (χ0) is 21.8. The lowest BCUT2D eigenvalue weighted by atomic mass is 10.1. The second-order valence-electron chi connectivity index (χ2n) is 7.73. The van der Waals surface area contributed by atoms with Crippen molar-refractivity contribution in [2.45, 2.75) is 58.2 Å². The Morgan fingerprint density at radius 1 is 1.23 bits per heavy atom. The van der Waals surface area contributed by atoms with Crippen molar-refractivity contribution in [1.29, 1.82) is 0 Å². The van der Waals surface area contributed by atoms with Gasteiger partial charge in [-0.3, -0.25) is 14.2 Å². The summed E-state index contributed by atoms with van der Waals surface area (Å²) in [5.41, 5.74) is 0.692. The highest BCUT2D eigenvalue weighted by atomic mass is 32.1. The number of rotatable bonds is 5. The molecule has 0 spiro atoms. The summed E-state index contributed by atoms with van der Waals surface area (Å²) >= 11 is 1.55. The Balaban J connectivity index is 1.49. The van der Waals surface area contributed by atoms with Crippen molar-refractivity contribution >= 4 is 34.1 Å². The van der Waals surface area contributed by atoms with E-state index in [1.54, 1.807) is 34.1 Å². The van der Waals surface area contributed by atoms with Gasteiger partial charge in [-0.15, -0.1) is 11.3 Å². The molecule has 3 heterocycles.